The molecule has 0 bridgehead atoms. The van der Waals surface area contributed by atoms with Crippen LogP contribution in [0.1, 0.15) is 44.6 Å². The smallest absolute Gasteiger partial charge is 0.242 e. The first-order valence-electron chi connectivity index (χ1n) is 9.18. The fourth-order valence-electron chi connectivity index (χ4n) is 2.50. The Kier molecular flexibility index (Phi) is 11.0. The van der Waals surface area contributed by atoms with E-state index in [2.05, 4.69) is 45.2 Å². The maximum Gasteiger partial charge on any atom is 0.242 e. The number of unbranched alkanes of at least 4 members (excludes halogenated alkanes) is 3. The predicted molar refractivity (Wildman–Crippen MR) is 103 cm³/mol. The molecule has 2 aromatic rings. The standard InChI is InChI=1S/C18H30N6O.H2O/c1-3-4-5-6-11-19-15-16-9-7-10-17(14-16)25-13-8-12-20-18-21-22-23-24(18)2;/h7,9-10,14,19H,3-6,8,11-13,15H2,1-2H3,(H,20,21,23);1H2. The molecule has 8 nitrogen and oxygen atoms in total. The van der Waals surface area contributed by atoms with Gasteiger partial charge in [-0.25, -0.2) is 4.68 Å². The van der Waals surface area contributed by atoms with Gasteiger partial charge >= 0.3 is 0 Å². The first kappa shape index (κ1) is 21.9. The molecular weight excluding hydrogens is 332 g/mol. The van der Waals surface area contributed by atoms with Crippen molar-refractivity contribution < 1.29 is 10.2 Å². The molecule has 0 fully saturated rings. The molecule has 0 saturated heterocycles. The summed E-state index contributed by atoms with van der Waals surface area (Å²) >= 11 is 0. The topological polar surface area (TPSA) is 108 Å². The summed E-state index contributed by atoms with van der Waals surface area (Å²) < 4.78 is 7.44. The van der Waals surface area contributed by atoms with Gasteiger partial charge in [-0.2, -0.15) is 0 Å². The Morgan fingerprint density at radius 2 is 2.00 bits per heavy atom. The van der Waals surface area contributed by atoms with Crippen molar-refractivity contribution in [1.82, 2.24) is 25.5 Å². The lowest BCUT2D eigenvalue weighted by Crippen LogP contribution is -2.14. The Morgan fingerprint density at radius 1 is 1.12 bits per heavy atom. The van der Waals surface area contributed by atoms with Crippen LogP contribution < -0.4 is 15.4 Å². The zero-order valence-electron chi connectivity index (χ0n) is 15.9. The lowest BCUT2D eigenvalue weighted by Gasteiger charge is -2.09. The molecular formula is C18H32N6O2. The lowest BCUT2D eigenvalue weighted by molar-refractivity contribution is 0.314. The Balaban J connectivity index is 0.00000338. The van der Waals surface area contributed by atoms with Crippen LogP contribution in [0, 0.1) is 0 Å². The number of hydrogen-bond acceptors (Lipinski definition) is 6. The van der Waals surface area contributed by atoms with Crippen molar-refractivity contribution in [2.45, 2.75) is 45.6 Å². The summed E-state index contributed by atoms with van der Waals surface area (Å²) in [5.41, 5.74) is 1.26. The molecule has 0 aliphatic heterocycles. The van der Waals surface area contributed by atoms with E-state index in [1.807, 2.05) is 19.2 Å². The number of tetrazole rings is 1. The van der Waals surface area contributed by atoms with E-state index in [0.717, 1.165) is 31.8 Å². The second-order valence-corrected chi connectivity index (χ2v) is 6.14. The van der Waals surface area contributed by atoms with E-state index in [1.54, 1.807) is 4.68 Å². The van der Waals surface area contributed by atoms with Crippen LogP contribution in [-0.4, -0.2) is 45.4 Å². The fourth-order valence-corrected chi connectivity index (χ4v) is 2.50. The van der Waals surface area contributed by atoms with Crippen LogP contribution in [0.2, 0.25) is 0 Å². The molecule has 0 spiro atoms. The van der Waals surface area contributed by atoms with Crippen LogP contribution in [0.3, 0.4) is 0 Å². The summed E-state index contributed by atoms with van der Waals surface area (Å²) in [6, 6.07) is 8.30. The number of anilines is 1. The van der Waals surface area contributed by atoms with E-state index in [0.29, 0.717) is 12.6 Å². The van der Waals surface area contributed by atoms with Gasteiger partial charge in [0.25, 0.3) is 0 Å². The van der Waals surface area contributed by atoms with E-state index >= 15 is 0 Å². The minimum absolute atomic E-state index is 0. The van der Waals surface area contributed by atoms with Crippen molar-refractivity contribution in [3.8, 4) is 5.75 Å². The molecule has 0 saturated carbocycles. The van der Waals surface area contributed by atoms with Gasteiger partial charge < -0.3 is 20.8 Å². The zero-order valence-corrected chi connectivity index (χ0v) is 15.9. The van der Waals surface area contributed by atoms with Crippen LogP contribution in [0.15, 0.2) is 24.3 Å². The average Bonchev–Trinajstić information content (AvgIpc) is 3.03. The van der Waals surface area contributed by atoms with Crippen LogP contribution >= 0.6 is 0 Å². The van der Waals surface area contributed by atoms with E-state index in [9.17, 15) is 0 Å². The van der Waals surface area contributed by atoms with E-state index in [4.69, 9.17) is 4.74 Å². The maximum absolute atomic E-state index is 5.83. The number of hydrogen-bond donors (Lipinski definition) is 2. The van der Waals surface area contributed by atoms with Crippen molar-refractivity contribution in [1.29, 1.82) is 0 Å². The maximum atomic E-state index is 5.83. The van der Waals surface area contributed by atoms with E-state index in [-0.39, 0.29) is 5.48 Å². The molecule has 0 aliphatic carbocycles. The first-order chi connectivity index (χ1) is 12.3. The van der Waals surface area contributed by atoms with Gasteiger partial charge in [-0.3, -0.25) is 0 Å². The number of nitrogens with one attached hydrogen (secondary N) is 2. The molecule has 8 heteroatoms. The van der Waals surface area contributed by atoms with Crippen molar-refractivity contribution in [2.75, 3.05) is 25.0 Å². The Morgan fingerprint density at radius 3 is 2.77 bits per heavy atom. The lowest BCUT2D eigenvalue weighted by atomic mass is 10.2. The summed E-state index contributed by atoms with van der Waals surface area (Å²) in [6.07, 6.45) is 6.05. The highest BCUT2D eigenvalue weighted by Gasteiger charge is 2.01. The van der Waals surface area contributed by atoms with Gasteiger partial charge in [-0.1, -0.05) is 43.4 Å². The van der Waals surface area contributed by atoms with Crippen LogP contribution in [0.4, 0.5) is 5.95 Å². The summed E-state index contributed by atoms with van der Waals surface area (Å²) in [5, 5.41) is 17.9. The van der Waals surface area contributed by atoms with Crippen LogP contribution in [0.5, 0.6) is 5.75 Å². The molecule has 1 aromatic heterocycles. The quantitative estimate of drug-likeness (QED) is 0.526. The van der Waals surface area contributed by atoms with Gasteiger partial charge in [0.2, 0.25) is 5.95 Å². The molecule has 26 heavy (non-hydrogen) atoms. The Hall–Kier alpha value is -2.19. The monoisotopic (exact) mass is 364 g/mol. The molecule has 0 atom stereocenters. The van der Waals surface area contributed by atoms with E-state index in [1.165, 1.54) is 31.2 Å². The highest BCUT2D eigenvalue weighted by molar-refractivity contribution is 5.28. The normalized spacial score (nSPS) is 10.4. The van der Waals surface area contributed by atoms with Gasteiger partial charge in [0.05, 0.1) is 6.61 Å². The number of ether oxygens (including phenoxy) is 1. The minimum Gasteiger partial charge on any atom is -0.494 e. The average molecular weight is 364 g/mol. The molecule has 1 aromatic carbocycles. The molecule has 146 valence electrons. The zero-order chi connectivity index (χ0) is 17.7. The van der Waals surface area contributed by atoms with E-state index < -0.39 is 0 Å². The second-order valence-electron chi connectivity index (χ2n) is 6.14. The third kappa shape index (κ3) is 8.26. The number of aryl methyl sites for hydroxylation is 1. The fraction of sp³-hybridized carbons (Fsp3) is 0.611. The molecule has 0 aliphatic rings. The summed E-state index contributed by atoms with van der Waals surface area (Å²) in [4.78, 5) is 0. The van der Waals surface area contributed by atoms with Gasteiger partial charge in [0.15, 0.2) is 0 Å². The Labute approximate surface area is 155 Å². The predicted octanol–water partition coefficient (Wildman–Crippen LogP) is 1.94. The Bertz CT molecular complexity index is 605. The summed E-state index contributed by atoms with van der Waals surface area (Å²) in [5.74, 6) is 1.60. The van der Waals surface area contributed by atoms with Crippen molar-refractivity contribution >= 4 is 5.95 Å². The van der Waals surface area contributed by atoms with Gasteiger partial charge in [-0.15, -0.1) is 0 Å². The van der Waals surface area contributed by atoms with Gasteiger partial charge in [-0.05, 0) is 47.5 Å². The second kappa shape index (κ2) is 13.1. The van der Waals surface area contributed by atoms with Gasteiger partial charge in [0.1, 0.15) is 5.75 Å². The third-order valence-corrected chi connectivity index (χ3v) is 3.93. The summed E-state index contributed by atoms with van der Waals surface area (Å²) in [7, 11) is 1.81. The first-order valence-corrected chi connectivity index (χ1v) is 9.18. The van der Waals surface area contributed by atoms with Crippen molar-refractivity contribution in [2.24, 2.45) is 7.05 Å². The number of nitrogens with zero attached hydrogens (tertiary/aromatic N) is 4. The van der Waals surface area contributed by atoms with Crippen molar-refractivity contribution in [3.05, 3.63) is 29.8 Å². The highest BCUT2D eigenvalue weighted by Crippen LogP contribution is 2.13. The SMILES string of the molecule is CCCCCCNCc1cccc(OCCCNc2nnnn2C)c1.O. The molecule has 1 heterocycles. The largest absolute Gasteiger partial charge is 0.494 e. The molecule has 0 radical (unpaired) electrons. The van der Waals surface area contributed by atoms with Crippen LogP contribution in [0.25, 0.3) is 0 Å². The van der Waals surface area contributed by atoms with Gasteiger partial charge in [0, 0.05) is 20.1 Å². The number of rotatable bonds is 13. The summed E-state index contributed by atoms with van der Waals surface area (Å²) in [6.45, 7) is 5.64. The number of aromatic nitrogens is 4. The highest BCUT2D eigenvalue weighted by atomic mass is 16.5. The minimum atomic E-state index is 0. The van der Waals surface area contributed by atoms with Crippen LogP contribution in [-0.2, 0) is 13.6 Å². The van der Waals surface area contributed by atoms with Crippen molar-refractivity contribution in [3.63, 3.8) is 0 Å². The number of benzene rings is 1. The molecule has 0 amide bonds. The molecule has 2 rings (SSSR count). The molecule has 0 unspecified atom stereocenters. The molecule has 4 N–H and O–H groups in total. The third-order valence-electron chi connectivity index (χ3n) is 3.93.